The van der Waals surface area contributed by atoms with Gasteiger partial charge in [0.05, 0.1) is 0 Å². The van der Waals surface area contributed by atoms with E-state index in [1.165, 1.54) is 12.1 Å². The largest absolute Gasteiger partial charge is 0.434 e. The first-order valence-electron chi connectivity index (χ1n) is 4.36. The van der Waals surface area contributed by atoms with Crippen molar-refractivity contribution >= 4 is 11.6 Å². The molecule has 0 radical (unpaired) electrons. The summed E-state index contributed by atoms with van der Waals surface area (Å²) >= 11 is 5.46. The van der Waals surface area contributed by atoms with E-state index in [0.29, 0.717) is 5.69 Å². The van der Waals surface area contributed by atoms with Crippen LogP contribution in [0, 0.1) is 0 Å². The molecule has 2 aromatic heterocycles. The van der Waals surface area contributed by atoms with Crippen molar-refractivity contribution < 1.29 is 13.2 Å². The van der Waals surface area contributed by atoms with Gasteiger partial charge in [-0.1, -0.05) is 11.6 Å². The Hall–Kier alpha value is -1.49. The van der Waals surface area contributed by atoms with Crippen LogP contribution in [0.4, 0.5) is 13.2 Å². The zero-order chi connectivity index (χ0) is 11.8. The van der Waals surface area contributed by atoms with Gasteiger partial charge in [-0.2, -0.15) is 13.2 Å². The third-order valence-corrected chi connectivity index (χ3v) is 2.23. The van der Waals surface area contributed by atoms with E-state index in [1.54, 1.807) is 18.3 Å². The van der Waals surface area contributed by atoms with Crippen LogP contribution in [0.25, 0.3) is 11.3 Å². The molecular weight excluding hydrogens is 241 g/mol. The molecule has 16 heavy (non-hydrogen) atoms. The minimum atomic E-state index is -4.52. The maximum atomic E-state index is 12.7. The van der Waals surface area contributed by atoms with Crippen LogP contribution in [0.3, 0.4) is 0 Å². The number of aromatic amines is 1. The summed E-state index contributed by atoms with van der Waals surface area (Å²) in [6, 6.07) is 5.78. The number of halogens is 4. The van der Waals surface area contributed by atoms with Gasteiger partial charge in [0.25, 0.3) is 0 Å². The van der Waals surface area contributed by atoms with Gasteiger partial charge in [0.1, 0.15) is 5.15 Å². The van der Waals surface area contributed by atoms with Gasteiger partial charge in [0.2, 0.25) is 0 Å². The summed E-state index contributed by atoms with van der Waals surface area (Å²) in [5, 5.41) is -0.178. The molecule has 0 fully saturated rings. The molecule has 0 bridgehead atoms. The van der Waals surface area contributed by atoms with E-state index in [-0.39, 0.29) is 10.7 Å². The number of nitrogens with zero attached hydrogens (tertiary/aromatic N) is 1. The Morgan fingerprint density at radius 3 is 2.50 bits per heavy atom. The third kappa shape index (κ3) is 2.04. The predicted octanol–water partition coefficient (Wildman–Crippen LogP) is 3.75. The summed E-state index contributed by atoms with van der Waals surface area (Å²) < 4.78 is 38.1. The number of hydrogen-bond donors (Lipinski definition) is 1. The second-order valence-electron chi connectivity index (χ2n) is 3.11. The highest BCUT2D eigenvalue weighted by molar-refractivity contribution is 6.29. The van der Waals surface area contributed by atoms with Crippen molar-refractivity contribution in [2.24, 2.45) is 0 Å². The van der Waals surface area contributed by atoms with E-state index >= 15 is 0 Å². The average molecular weight is 247 g/mol. The summed E-state index contributed by atoms with van der Waals surface area (Å²) in [6.45, 7) is 0. The van der Waals surface area contributed by atoms with Gasteiger partial charge in [-0.3, -0.25) is 0 Å². The Bertz CT molecular complexity index is 491. The quantitative estimate of drug-likeness (QED) is 0.763. The molecule has 0 aromatic carbocycles. The van der Waals surface area contributed by atoms with Crippen LogP contribution in [0.1, 0.15) is 5.69 Å². The molecule has 0 saturated heterocycles. The van der Waals surface area contributed by atoms with Crippen molar-refractivity contribution in [1.29, 1.82) is 0 Å². The van der Waals surface area contributed by atoms with Crippen molar-refractivity contribution in [3.8, 4) is 11.3 Å². The second-order valence-corrected chi connectivity index (χ2v) is 3.50. The number of H-pyrrole nitrogens is 1. The van der Waals surface area contributed by atoms with E-state index in [1.807, 2.05) is 0 Å². The molecule has 2 nitrogen and oxygen atoms in total. The van der Waals surface area contributed by atoms with Gasteiger partial charge < -0.3 is 4.98 Å². The highest BCUT2D eigenvalue weighted by Crippen LogP contribution is 2.35. The number of rotatable bonds is 1. The number of aromatic nitrogens is 2. The minimum absolute atomic E-state index is 0.0121. The molecule has 1 N–H and O–H groups in total. The Morgan fingerprint density at radius 2 is 1.94 bits per heavy atom. The Morgan fingerprint density at radius 1 is 1.19 bits per heavy atom. The van der Waals surface area contributed by atoms with E-state index in [2.05, 4.69) is 9.97 Å². The molecule has 2 heterocycles. The molecule has 0 amide bonds. The van der Waals surface area contributed by atoms with E-state index in [4.69, 9.17) is 11.6 Å². The maximum Gasteiger partial charge on any atom is 0.434 e. The van der Waals surface area contributed by atoms with Crippen LogP contribution in [0.2, 0.25) is 5.15 Å². The Balaban J connectivity index is 2.62. The summed E-state index contributed by atoms with van der Waals surface area (Å²) in [5.74, 6) is 0. The van der Waals surface area contributed by atoms with Crippen molar-refractivity contribution in [3.63, 3.8) is 0 Å². The fourth-order valence-electron chi connectivity index (χ4n) is 1.37. The lowest BCUT2D eigenvalue weighted by molar-refractivity contribution is -0.140. The lowest BCUT2D eigenvalue weighted by Crippen LogP contribution is -2.10. The first-order valence-corrected chi connectivity index (χ1v) is 4.74. The van der Waals surface area contributed by atoms with E-state index < -0.39 is 11.9 Å². The molecule has 0 atom stereocenters. The third-order valence-electron chi connectivity index (χ3n) is 2.02. The molecule has 0 unspecified atom stereocenters. The van der Waals surface area contributed by atoms with Crippen LogP contribution in [-0.4, -0.2) is 9.97 Å². The number of nitrogens with one attached hydrogen (secondary N) is 1. The van der Waals surface area contributed by atoms with E-state index in [0.717, 1.165) is 0 Å². The molecule has 84 valence electrons. The normalized spacial score (nSPS) is 11.8. The van der Waals surface area contributed by atoms with Crippen molar-refractivity contribution in [1.82, 2.24) is 9.97 Å². The summed E-state index contributed by atoms with van der Waals surface area (Å²) in [7, 11) is 0. The minimum Gasteiger partial charge on any atom is -0.361 e. The standard InChI is InChI=1S/C10H6ClF3N2/c11-8-4-3-6(7-2-1-5-15-7)9(16-8)10(12,13)14/h1-5,15H. The van der Waals surface area contributed by atoms with Gasteiger partial charge in [-0.05, 0) is 24.3 Å². The van der Waals surface area contributed by atoms with Crippen LogP contribution in [0.15, 0.2) is 30.5 Å². The molecule has 0 aliphatic rings. The van der Waals surface area contributed by atoms with Gasteiger partial charge >= 0.3 is 6.18 Å². The Labute approximate surface area is 94.1 Å². The van der Waals surface area contributed by atoms with Crippen LogP contribution >= 0.6 is 11.6 Å². The molecule has 0 saturated carbocycles. The van der Waals surface area contributed by atoms with E-state index in [9.17, 15) is 13.2 Å². The first-order chi connectivity index (χ1) is 7.48. The predicted molar refractivity (Wildman–Crippen MR) is 54.0 cm³/mol. The summed E-state index contributed by atoms with van der Waals surface area (Å²) in [6.07, 6.45) is -2.98. The van der Waals surface area contributed by atoms with Crippen molar-refractivity contribution in [3.05, 3.63) is 41.3 Å². The number of hydrogen-bond acceptors (Lipinski definition) is 1. The van der Waals surface area contributed by atoms with Crippen molar-refractivity contribution in [2.75, 3.05) is 0 Å². The monoisotopic (exact) mass is 246 g/mol. The molecular formula is C10H6ClF3N2. The highest BCUT2D eigenvalue weighted by atomic mass is 35.5. The highest BCUT2D eigenvalue weighted by Gasteiger charge is 2.36. The molecule has 0 spiro atoms. The zero-order valence-electron chi connectivity index (χ0n) is 7.85. The molecule has 2 rings (SSSR count). The lowest BCUT2D eigenvalue weighted by Gasteiger charge is -2.10. The fourth-order valence-corrected chi connectivity index (χ4v) is 1.51. The molecule has 0 aliphatic heterocycles. The average Bonchev–Trinajstić information content (AvgIpc) is 2.69. The number of alkyl halides is 3. The lowest BCUT2D eigenvalue weighted by atomic mass is 10.1. The first kappa shape index (κ1) is 11.0. The van der Waals surface area contributed by atoms with Gasteiger partial charge in [-0.25, -0.2) is 4.98 Å². The second kappa shape index (κ2) is 3.83. The molecule has 0 aliphatic carbocycles. The van der Waals surface area contributed by atoms with Crippen molar-refractivity contribution in [2.45, 2.75) is 6.18 Å². The van der Waals surface area contributed by atoms with Crippen LogP contribution in [-0.2, 0) is 6.18 Å². The number of pyridine rings is 1. The topological polar surface area (TPSA) is 28.7 Å². The van der Waals surface area contributed by atoms with Crippen LogP contribution in [0.5, 0.6) is 0 Å². The van der Waals surface area contributed by atoms with Crippen LogP contribution < -0.4 is 0 Å². The molecule has 6 heteroatoms. The Kier molecular flexibility index (Phi) is 2.63. The van der Waals surface area contributed by atoms with Gasteiger partial charge in [0, 0.05) is 17.5 Å². The zero-order valence-corrected chi connectivity index (χ0v) is 8.60. The van der Waals surface area contributed by atoms with Gasteiger partial charge in [-0.15, -0.1) is 0 Å². The smallest absolute Gasteiger partial charge is 0.361 e. The molecule has 2 aromatic rings. The SMILES string of the molecule is FC(F)(F)c1nc(Cl)ccc1-c1ccc[nH]1. The summed E-state index contributed by atoms with van der Waals surface area (Å²) in [4.78, 5) is 6.02. The maximum absolute atomic E-state index is 12.7. The van der Waals surface area contributed by atoms with Gasteiger partial charge in [0.15, 0.2) is 5.69 Å². The summed E-state index contributed by atoms with van der Waals surface area (Å²) in [5.41, 5.74) is -0.638. The fraction of sp³-hybridized carbons (Fsp3) is 0.100.